The van der Waals surface area contributed by atoms with Gasteiger partial charge in [0.15, 0.2) is 4.90 Å². The Kier molecular flexibility index (Phi) is 4.02. The van der Waals surface area contributed by atoms with Crippen LogP contribution in [0.4, 0.5) is 0 Å². The van der Waals surface area contributed by atoms with Crippen LogP contribution in [0.25, 0.3) is 11.0 Å². The zero-order valence-electron chi connectivity index (χ0n) is 13.0. The van der Waals surface area contributed by atoms with Gasteiger partial charge < -0.3 is 13.9 Å². The molecule has 0 bridgehead atoms. The largest absolute Gasteiger partial charge is 0.497 e. The Morgan fingerprint density at radius 2 is 1.50 bits per heavy atom. The van der Waals surface area contributed by atoms with Crippen LogP contribution in [0.15, 0.2) is 67.5 Å². The summed E-state index contributed by atoms with van der Waals surface area (Å²) in [6.45, 7) is 0. The lowest BCUT2D eigenvalue weighted by atomic mass is 10.2. The summed E-state index contributed by atoms with van der Waals surface area (Å²) in [4.78, 5) is 11.7. The number of ether oxygens (including phenoxy) is 2. The SMILES string of the molecule is COc1ccc(S(=O)(=O)c2cc3ccc(OC)cc3oc2=O)cc1. The molecule has 0 saturated carbocycles. The van der Waals surface area contributed by atoms with E-state index in [9.17, 15) is 13.2 Å². The fourth-order valence-corrected chi connectivity index (χ4v) is 3.56. The lowest BCUT2D eigenvalue weighted by Crippen LogP contribution is -2.14. The van der Waals surface area contributed by atoms with Crippen molar-refractivity contribution >= 4 is 20.8 Å². The van der Waals surface area contributed by atoms with Crippen molar-refractivity contribution in [3.8, 4) is 11.5 Å². The monoisotopic (exact) mass is 346 g/mol. The number of fused-ring (bicyclic) bond motifs is 1. The molecular formula is C17H14O6S. The van der Waals surface area contributed by atoms with Crippen LogP contribution in [0, 0.1) is 0 Å². The van der Waals surface area contributed by atoms with Gasteiger partial charge in [0.25, 0.3) is 0 Å². The van der Waals surface area contributed by atoms with Crippen molar-refractivity contribution in [2.24, 2.45) is 0 Å². The van der Waals surface area contributed by atoms with Gasteiger partial charge >= 0.3 is 5.63 Å². The molecule has 124 valence electrons. The minimum atomic E-state index is -3.99. The number of sulfone groups is 1. The van der Waals surface area contributed by atoms with Crippen LogP contribution in [-0.2, 0) is 9.84 Å². The molecule has 0 aliphatic rings. The summed E-state index contributed by atoms with van der Waals surface area (Å²) < 4.78 is 40.6. The predicted molar refractivity (Wildman–Crippen MR) is 87.5 cm³/mol. The molecule has 6 nitrogen and oxygen atoms in total. The van der Waals surface area contributed by atoms with Crippen molar-refractivity contribution in [2.75, 3.05) is 14.2 Å². The van der Waals surface area contributed by atoms with Gasteiger partial charge in [-0.1, -0.05) is 0 Å². The summed E-state index contributed by atoms with van der Waals surface area (Å²) in [5, 5.41) is 0.488. The summed E-state index contributed by atoms with van der Waals surface area (Å²) in [5.74, 6) is 1.03. The van der Waals surface area contributed by atoms with Crippen molar-refractivity contribution in [1.29, 1.82) is 0 Å². The van der Waals surface area contributed by atoms with Gasteiger partial charge in [0.1, 0.15) is 17.1 Å². The Bertz CT molecular complexity index is 1050. The first-order valence-corrected chi connectivity index (χ1v) is 8.45. The highest BCUT2D eigenvalue weighted by molar-refractivity contribution is 7.91. The molecule has 0 atom stereocenters. The molecule has 0 radical (unpaired) electrons. The van der Waals surface area contributed by atoms with Crippen molar-refractivity contribution < 1.29 is 22.3 Å². The fraction of sp³-hybridized carbons (Fsp3) is 0.118. The van der Waals surface area contributed by atoms with Gasteiger partial charge in [-0.15, -0.1) is 0 Å². The molecule has 0 spiro atoms. The molecule has 0 unspecified atom stereocenters. The Morgan fingerprint density at radius 3 is 2.12 bits per heavy atom. The van der Waals surface area contributed by atoms with E-state index in [4.69, 9.17) is 13.9 Å². The Hall–Kier alpha value is -2.80. The maximum atomic E-state index is 12.7. The average Bonchev–Trinajstić information content (AvgIpc) is 2.60. The minimum Gasteiger partial charge on any atom is -0.497 e. The Balaban J connectivity index is 2.16. The maximum Gasteiger partial charge on any atom is 0.355 e. The van der Waals surface area contributed by atoms with Crippen LogP contribution < -0.4 is 15.1 Å². The molecule has 24 heavy (non-hydrogen) atoms. The summed E-state index contributed by atoms with van der Waals surface area (Å²) in [5.41, 5.74) is -0.667. The van der Waals surface area contributed by atoms with Gasteiger partial charge in [0, 0.05) is 11.5 Å². The van der Waals surface area contributed by atoms with Crippen LogP contribution in [0.3, 0.4) is 0 Å². The van der Waals surface area contributed by atoms with E-state index in [2.05, 4.69) is 0 Å². The second-order valence-corrected chi connectivity index (χ2v) is 6.90. The third kappa shape index (κ3) is 2.74. The lowest BCUT2D eigenvalue weighted by Gasteiger charge is -2.06. The highest BCUT2D eigenvalue weighted by Gasteiger charge is 2.23. The van der Waals surface area contributed by atoms with Crippen LogP contribution >= 0.6 is 0 Å². The van der Waals surface area contributed by atoms with E-state index in [1.54, 1.807) is 12.1 Å². The predicted octanol–water partition coefficient (Wildman–Crippen LogP) is 2.64. The molecule has 0 aliphatic carbocycles. The first-order valence-electron chi connectivity index (χ1n) is 6.97. The topological polar surface area (TPSA) is 82.8 Å². The molecule has 2 aromatic carbocycles. The Labute approximate surface area is 138 Å². The second-order valence-electron chi connectivity index (χ2n) is 4.98. The fourth-order valence-electron chi connectivity index (χ4n) is 2.27. The van der Waals surface area contributed by atoms with E-state index in [1.807, 2.05) is 0 Å². The molecule has 1 aromatic heterocycles. The molecule has 3 rings (SSSR count). The number of methoxy groups -OCH3 is 2. The quantitative estimate of drug-likeness (QED) is 0.676. The molecule has 0 amide bonds. The third-order valence-electron chi connectivity index (χ3n) is 3.57. The van der Waals surface area contributed by atoms with Gasteiger partial charge in [-0.2, -0.15) is 0 Å². The smallest absolute Gasteiger partial charge is 0.355 e. The van der Waals surface area contributed by atoms with E-state index in [-0.39, 0.29) is 10.5 Å². The zero-order valence-corrected chi connectivity index (χ0v) is 13.8. The first-order chi connectivity index (χ1) is 11.5. The normalized spacial score (nSPS) is 11.4. The van der Waals surface area contributed by atoms with Crippen molar-refractivity contribution in [1.82, 2.24) is 0 Å². The lowest BCUT2D eigenvalue weighted by molar-refractivity contribution is 0.414. The second kappa shape index (κ2) is 6.01. The van der Waals surface area contributed by atoms with E-state index in [1.165, 1.54) is 50.6 Å². The van der Waals surface area contributed by atoms with Crippen LogP contribution in [0.5, 0.6) is 11.5 Å². The molecule has 0 saturated heterocycles. The first kappa shape index (κ1) is 16.1. The zero-order chi connectivity index (χ0) is 17.3. The molecule has 3 aromatic rings. The van der Waals surface area contributed by atoms with Gasteiger partial charge in [-0.3, -0.25) is 0 Å². The van der Waals surface area contributed by atoms with Gasteiger partial charge in [0.2, 0.25) is 9.84 Å². The number of benzene rings is 2. The van der Waals surface area contributed by atoms with E-state index < -0.39 is 20.4 Å². The van der Waals surface area contributed by atoms with Crippen molar-refractivity contribution in [3.63, 3.8) is 0 Å². The highest BCUT2D eigenvalue weighted by Crippen LogP contribution is 2.25. The van der Waals surface area contributed by atoms with Crippen LogP contribution in [-0.4, -0.2) is 22.6 Å². The molecular weight excluding hydrogens is 332 g/mol. The summed E-state index contributed by atoms with van der Waals surface area (Å²) in [6, 6.07) is 11.9. The van der Waals surface area contributed by atoms with E-state index >= 15 is 0 Å². The minimum absolute atomic E-state index is 0.0107. The molecule has 0 N–H and O–H groups in total. The van der Waals surface area contributed by atoms with Crippen LogP contribution in [0.1, 0.15) is 0 Å². The molecule has 0 fully saturated rings. The molecule has 0 aliphatic heterocycles. The van der Waals surface area contributed by atoms with Crippen molar-refractivity contribution in [2.45, 2.75) is 9.79 Å². The number of rotatable bonds is 4. The van der Waals surface area contributed by atoms with Crippen molar-refractivity contribution in [3.05, 3.63) is 59.0 Å². The van der Waals surface area contributed by atoms with Crippen LogP contribution in [0.2, 0.25) is 0 Å². The van der Waals surface area contributed by atoms with E-state index in [0.717, 1.165) is 0 Å². The van der Waals surface area contributed by atoms with Gasteiger partial charge in [-0.25, -0.2) is 13.2 Å². The third-order valence-corrected chi connectivity index (χ3v) is 5.33. The summed E-state index contributed by atoms with van der Waals surface area (Å²) in [6.07, 6.45) is 0. The number of hydrogen-bond donors (Lipinski definition) is 0. The Morgan fingerprint density at radius 1 is 0.875 bits per heavy atom. The number of hydrogen-bond acceptors (Lipinski definition) is 6. The average molecular weight is 346 g/mol. The molecule has 1 heterocycles. The highest BCUT2D eigenvalue weighted by atomic mass is 32.2. The van der Waals surface area contributed by atoms with Gasteiger partial charge in [-0.05, 0) is 42.5 Å². The maximum absolute atomic E-state index is 12.7. The molecule has 7 heteroatoms. The van der Waals surface area contributed by atoms with Gasteiger partial charge in [0.05, 0.1) is 19.1 Å². The standard InChI is InChI=1S/C17H14O6S/c1-21-12-5-7-14(8-6-12)24(19,20)16-9-11-3-4-13(22-2)10-15(11)23-17(16)18/h3-10H,1-2H3. The summed E-state index contributed by atoms with van der Waals surface area (Å²) >= 11 is 0. The summed E-state index contributed by atoms with van der Waals surface area (Å²) in [7, 11) is -1.03. The van der Waals surface area contributed by atoms with E-state index in [0.29, 0.717) is 16.9 Å².